The molecule has 0 radical (unpaired) electrons. The molecule has 102 valence electrons. The van der Waals surface area contributed by atoms with E-state index in [1.165, 1.54) is 0 Å². The van der Waals surface area contributed by atoms with Crippen LogP contribution in [0.3, 0.4) is 0 Å². The summed E-state index contributed by atoms with van der Waals surface area (Å²) in [5, 5.41) is 6.86. The van der Waals surface area contributed by atoms with Crippen LogP contribution in [0.4, 0.5) is 0 Å². The Morgan fingerprint density at radius 2 is 1.76 bits per heavy atom. The molecule has 5 nitrogen and oxygen atoms in total. The Hall–Kier alpha value is -0.620. The Morgan fingerprint density at radius 1 is 1.24 bits per heavy atom. The maximum absolute atomic E-state index is 11.7. The maximum Gasteiger partial charge on any atom is 0.153 e. The zero-order valence-electron chi connectivity index (χ0n) is 11.2. The smallest absolute Gasteiger partial charge is 0.153 e. The van der Waals surface area contributed by atoms with Gasteiger partial charge in [0.2, 0.25) is 0 Å². The summed E-state index contributed by atoms with van der Waals surface area (Å²) in [5.74, 6) is 0.308. The third-order valence-corrected chi connectivity index (χ3v) is 4.97. The van der Waals surface area contributed by atoms with Crippen LogP contribution in [0.2, 0.25) is 0 Å². The van der Waals surface area contributed by atoms with Gasteiger partial charge in [0.1, 0.15) is 0 Å². The summed E-state index contributed by atoms with van der Waals surface area (Å²) in [4.78, 5) is 2.04. The van der Waals surface area contributed by atoms with Crippen molar-refractivity contribution in [1.29, 1.82) is 5.41 Å². The van der Waals surface area contributed by atoms with Crippen molar-refractivity contribution in [1.82, 2.24) is 4.90 Å². The average Bonchev–Trinajstić information content (AvgIpc) is 2.16. The molecule has 0 aliphatic rings. The second kappa shape index (κ2) is 6.96. The molecule has 0 atom stereocenters. The van der Waals surface area contributed by atoms with Gasteiger partial charge >= 0.3 is 0 Å². The van der Waals surface area contributed by atoms with Gasteiger partial charge in [-0.2, -0.15) is 0 Å². The van der Waals surface area contributed by atoms with E-state index >= 15 is 0 Å². The topological polar surface area (TPSA) is 87.2 Å². The maximum atomic E-state index is 11.7. The molecule has 0 saturated carbocycles. The minimum Gasteiger partial charge on any atom is -0.388 e. The van der Waals surface area contributed by atoms with E-state index in [2.05, 4.69) is 0 Å². The van der Waals surface area contributed by atoms with Crippen LogP contribution in [0, 0.1) is 5.41 Å². The lowest BCUT2D eigenvalue weighted by Gasteiger charge is -2.26. The number of nitrogens with two attached hydrogens (primary N) is 1. The van der Waals surface area contributed by atoms with Gasteiger partial charge in [0.15, 0.2) is 9.84 Å². The normalized spacial score (nSPS) is 12.6. The number of rotatable bonds is 8. The van der Waals surface area contributed by atoms with Crippen molar-refractivity contribution in [3.05, 3.63) is 0 Å². The number of hydrogen-bond acceptors (Lipinski definition) is 4. The summed E-state index contributed by atoms with van der Waals surface area (Å²) in [6.45, 7) is 8.57. The molecule has 0 aromatic heterocycles. The van der Waals surface area contributed by atoms with Crippen LogP contribution in [0.1, 0.15) is 34.1 Å². The van der Waals surface area contributed by atoms with Gasteiger partial charge < -0.3 is 5.73 Å². The fraction of sp³-hybridized carbons (Fsp3) is 0.909. The third kappa shape index (κ3) is 6.63. The van der Waals surface area contributed by atoms with E-state index in [9.17, 15) is 8.42 Å². The predicted molar refractivity (Wildman–Crippen MR) is 72.2 cm³/mol. The first-order valence-electron chi connectivity index (χ1n) is 5.95. The highest BCUT2D eigenvalue weighted by Gasteiger charge is 2.19. The van der Waals surface area contributed by atoms with E-state index in [1.54, 1.807) is 13.8 Å². The summed E-state index contributed by atoms with van der Waals surface area (Å²) in [6, 6.07) is 0.261. The number of nitrogens with one attached hydrogen (secondary N) is 1. The molecular formula is C11H25N3O2S. The van der Waals surface area contributed by atoms with Crippen LogP contribution in [0.15, 0.2) is 0 Å². The Labute approximate surface area is 105 Å². The molecule has 0 saturated heterocycles. The monoisotopic (exact) mass is 263 g/mol. The number of hydrogen-bond donors (Lipinski definition) is 2. The van der Waals surface area contributed by atoms with Crippen molar-refractivity contribution in [3.63, 3.8) is 0 Å². The molecule has 0 aromatic carbocycles. The van der Waals surface area contributed by atoms with Crippen molar-refractivity contribution in [2.24, 2.45) is 5.73 Å². The van der Waals surface area contributed by atoms with E-state index < -0.39 is 9.84 Å². The lowest BCUT2D eigenvalue weighted by Crippen LogP contribution is -2.38. The lowest BCUT2D eigenvalue weighted by molar-refractivity contribution is 0.241. The predicted octanol–water partition coefficient (Wildman–Crippen LogP) is 0.846. The second-order valence-corrected chi connectivity index (χ2v) is 7.50. The number of amidine groups is 1. The van der Waals surface area contributed by atoms with Crippen LogP contribution >= 0.6 is 0 Å². The summed E-state index contributed by atoms with van der Waals surface area (Å²) in [5.41, 5.74) is 5.31. The van der Waals surface area contributed by atoms with Crippen LogP contribution in [0.25, 0.3) is 0 Å². The average molecular weight is 263 g/mol. The fourth-order valence-corrected chi connectivity index (χ4v) is 2.33. The van der Waals surface area contributed by atoms with Gasteiger partial charge in [-0.25, -0.2) is 8.42 Å². The van der Waals surface area contributed by atoms with Crippen LogP contribution in [-0.4, -0.2) is 49.3 Å². The molecule has 0 fully saturated rings. The first kappa shape index (κ1) is 16.4. The van der Waals surface area contributed by atoms with E-state index in [0.29, 0.717) is 19.5 Å². The van der Waals surface area contributed by atoms with E-state index in [1.807, 2.05) is 18.7 Å². The summed E-state index contributed by atoms with van der Waals surface area (Å²) in [6.07, 6.45) is 0.486. The van der Waals surface area contributed by atoms with Gasteiger partial charge in [-0.15, -0.1) is 0 Å². The van der Waals surface area contributed by atoms with E-state index in [4.69, 9.17) is 11.1 Å². The quantitative estimate of drug-likeness (QED) is 0.502. The van der Waals surface area contributed by atoms with Crippen molar-refractivity contribution in [2.75, 3.05) is 18.8 Å². The fourth-order valence-electron chi connectivity index (χ4n) is 1.37. The molecule has 6 heteroatoms. The van der Waals surface area contributed by atoms with E-state index in [-0.39, 0.29) is 22.9 Å². The highest BCUT2D eigenvalue weighted by atomic mass is 32.2. The highest BCUT2D eigenvalue weighted by molar-refractivity contribution is 7.92. The molecule has 0 amide bonds. The molecule has 0 heterocycles. The van der Waals surface area contributed by atoms with Crippen LogP contribution in [0.5, 0.6) is 0 Å². The Bertz CT molecular complexity index is 337. The minimum atomic E-state index is -2.99. The number of sulfone groups is 1. The standard InChI is InChI=1S/C11H25N3O2S/c1-9(2)14(6-5-11(12)13)7-8-17(15,16)10(3)4/h9-10H,5-8H2,1-4H3,(H3,12,13). The minimum absolute atomic E-state index is 0.141. The first-order valence-corrected chi connectivity index (χ1v) is 7.67. The SMILES string of the molecule is CC(C)N(CCC(=N)N)CCS(=O)(=O)C(C)C. The zero-order valence-corrected chi connectivity index (χ0v) is 12.0. The molecular weight excluding hydrogens is 238 g/mol. The van der Waals surface area contributed by atoms with Crippen molar-refractivity contribution < 1.29 is 8.42 Å². The molecule has 0 bridgehead atoms. The molecule has 0 unspecified atom stereocenters. The lowest BCUT2D eigenvalue weighted by atomic mass is 10.3. The van der Waals surface area contributed by atoms with Gasteiger partial charge in [-0.1, -0.05) is 0 Å². The van der Waals surface area contributed by atoms with Gasteiger partial charge in [0.05, 0.1) is 16.8 Å². The van der Waals surface area contributed by atoms with Crippen molar-refractivity contribution in [3.8, 4) is 0 Å². The van der Waals surface area contributed by atoms with E-state index in [0.717, 1.165) is 0 Å². The van der Waals surface area contributed by atoms with Gasteiger partial charge in [-0.3, -0.25) is 10.3 Å². The molecule has 0 spiro atoms. The molecule has 17 heavy (non-hydrogen) atoms. The Balaban J connectivity index is 4.33. The molecule has 3 N–H and O–H groups in total. The third-order valence-electron chi connectivity index (χ3n) is 2.78. The first-order chi connectivity index (χ1) is 7.66. The molecule has 0 aromatic rings. The summed E-state index contributed by atoms with van der Waals surface area (Å²) < 4.78 is 23.4. The van der Waals surface area contributed by atoms with Gasteiger partial charge in [0, 0.05) is 25.6 Å². The summed E-state index contributed by atoms with van der Waals surface area (Å²) in [7, 11) is -2.99. The van der Waals surface area contributed by atoms with Crippen LogP contribution < -0.4 is 5.73 Å². The Kier molecular flexibility index (Phi) is 6.70. The molecule has 0 rings (SSSR count). The largest absolute Gasteiger partial charge is 0.388 e. The highest BCUT2D eigenvalue weighted by Crippen LogP contribution is 2.05. The van der Waals surface area contributed by atoms with Gasteiger partial charge in [-0.05, 0) is 27.7 Å². The number of nitrogens with zero attached hydrogens (tertiary/aromatic N) is 1. The van der Waals surface area contributed by atoms with Crippen LogP contribution in [-0.2, 0) is 9.84 Å². The molecule has 0 aliphatic heterocycles. The molecule has 0 aliphatic carbocycles. The van der Waals surface area contributed by atoms with Crippen molar-refractivity contribution >= 4 is 15.7 Å². The summed E-state index contributed by atoms with van der Waals surface area (Å²) >= 11 is 0. The van der Waals surface area contributed by atoms with Crippen molar-refractivity contribution in [2.45, 2.75) is 45.4 Å². The zero-order chi connectivity index (χ0) is 13.6. The second-order valence-electron chi connectivity index (χ2n) is 4.82. The Morgan fingerprint density at radius 3 is 2.12 bits per heavy atom. The van der Waals surface area contributed by atoms with Gasteiger partial charge in [0.25, 0.3) is 0 Å².